The number of nitrogens with two attached hydrogens (primary N) is 1. The van der Waals surface area contributed by atoms with Crippen LogP contribution in [0.2, 0.25) is 0 Å². The second-order valence-corrected chi connectivity index (χ2v) is 6.94. The van der Waals surface area contributed by atoms with Gasteiger partial charge in [-0.3, -0.25) is 4.79 Å². The van der Waals surface area contributed by atoms with Crippen LogP contribution in [0.4, 0.5) is 13.2 Å². The number of nitrogens with one attached hydrogen (secondary N) is 1. The first-order chi connectivity index (χ1) is 14.3. The highest BCUT2D eigenvalue weighted by Crippen LogP contribution is 2.23. The molecule has 1 amide bonds. The maximum Gasteiger partial charge on any atom is 0.573 e. The lowest BCUT2D eigenvalue weighted by Crippen LogP contribution is -2.33. The van der Waals surface area contributed by atoms with Crippen LogP contribution in [0.25, 0.3) is 0 Å². The van der Waals surface area contributed by atoms with Crippen molar-refractivity contribution < 1.29 is 22.7 Å². The van der Waals surface area contributed by atoms with E-state index in [0.29, 0.717) is 38.0 Å². The molecule has 0 atom stereocenters. The molecule has 0 aliphatic carbocycles. The number of nitrogens with zero attached hydrogens (tertiary/aromatic N) is 2. The van der Waals surface area contributed by atoms with Crippen LogP contribution in [0, 0.1) is 0 Å². The zero-order chi connectivity index (χ0) is 21.6. The molecule has 160 valence electrons. The second-order valence-electron chi connectivity index (χ2n) is 6.94. The first-order valence-corrected chi connectivity index (χ1v) is 9.53. The van der Waals surface area contributed by atoms with Gasteiger partial charge in [0.05, 0.1) is 6.54 Å². The molecule has 2 aromatic rings. The van der Waals surface area contributed by atoms with Crippen LogP contribution in [-0.2, 0) is 24.4 Å². The number of rotatable bonds is 7. The fourth-order valence-corrected chi connectivity index (χ4v) is 3.15. The van der Waals surface area contributed by atoms with Crippen molar-refractivity contribution in [2.75, 3.05) is 6.54 Å². The Hall–Kier alpha value is -3.23. The minimum Gasteiger partial charge on any atom is -0.406 e. The average Bonchev–Trinajstić information content (AvgIpc) is 3.14. The number of aliphatic imine (C=N–C) groups is 1. The van der Waals surface area contributed by atoms with Crippen molar-refractivity contribution in [3.8, 4) is 5.75 Å². The summed E-state index contributed by atoms with van der Waals surface area (Å²) in [4.78, 5) is 18.3. The van der Waals surface area contributed by atoms with Gasteiger partial charge in [-0.1, -0.05) is 36.4 Å². The van der Waals surface area contributed by atoms with Gasteiger partial charge >= 0.3 is 6.36 Å². The molecule has 0 saturated heterocycles. The number of carbonyl (C=O) groups is 1. The predicted octanol–water partition coefficient (Wildman–Crippen LogP) is 3.31. The number of halogens is 3. The molecule has 1 aliphatic heterocycles. The second kappa shape index (κ2) is 9.51. The summed E-state index contributed by atoms with van der Waals surface area (Å²) >= 11 is 0. The summed E-state index contributed by atoms with van der Waals surface area (Å²) in [5, 5.41) is 2.94. The third-order valence-electron chi connectivity index (χ3n) is 4.66. The number of amides is 1. The van der Waals surface area contributed by atoms with Crippen LogP contribution in [0.15, 0.2) is 53.5 Å². The van der Waals surface area contributed by atoms with Crippen LogP contribution in [0.1, 0.15) is 29.5 Å². The molecule has 1 heterocycles. The Morgan fingerprint density at radius 3 is 2.33 bits per heavy atom. The Bertz CT molecular complexity index is 873. The van der Waals surface area contributed by atoms with E-state index < -0.39 is 6.36 Å². The highest BCUT2D eigenvalue weighted by molar-refractivity contribution is 5.78. The summed E-state index contributed by atoms with van der Waals surface area (Å²) in [6.45, 7) is 2.02. The molecule has 0 fully saturated rings. The molecule has 3 rings (SSSR count). The average molecular weight is 420 g/mol. The standard InChI is InChI=1S/C21H23F3N4O2/c22-21(23,24)30-18-9-7-15(8-10-18)12-27-20(25)26-11-3-6-19(29)28-13-16-4-1-2-5-17(16)14-28/h1-2,4-5,7-10H,3,6,11-14H2,(H3,25,26,27). The number of carbonyl (C=O) groups excluding carboxylic acids is 1. The van der Waals surface area contributed by atoms with Gasteiger partial charge in [-0.2, -0.15) is 0 Å². The van der Waals surface area contributed by atoms with Gasteiger partial charge < -0.3 is 20.7 Å². The molecule has 6 nitrogen and oxygen atoms in total. The van der Waals surface area contributed by atoms with E-state index in [4.69, 9.17) is 5.73 Å². The van der Waals surface area contributed by atoms with Gasteiger partial charge in [0.1, 0.15) is 5.75 Å². The van der Waals surface area contributed by atoms with Crippen LogP contribution >= 0.6 is 0 Å². The Kier molecular flexibility index (Phi) is 6.81. The normalized spacial score (nSPS) is 13.8. The van der Waals surface area contributed by atoms with Crippen molar-refractivity contribution >= 4 is 11.9 Å². The summed E-state index contributed by atoms with van der Waals surface area (Å²) in [6.07, 6.45) is -3.69. The maximum absolute atomic E-state index is 12.3. The summed E-state index contributed by atoms with van der Waals surface area (Å²) in [7, 11) is 0. The Morgan fingerprint density at radius 2 is 1.73 bits per heavy atom. The van der Waals surface area contributed by atoms with Crippen molar-refractivity contribution in [3.63, 3.8) is 0 Å². The van der Waals surface area contributed by atoms with Gasteiger partial charge in [0.15, 0.2) is 5.96 Å². The van der Waals surface area contributed by atoms with Gasteiger partial charge in [0.25, 0.3) is 0 Å². The zero-order valence-corrected chi connectivity index (χ0v) is 16.3. The van der Waals surface area contributed by atoms with Crippen molar-refractivity contribution in [3.05, 3.63) is 65.2 Å². The number of ether oxygens (including phenoxy) is 1. The fraction of sp³-hybridized carbons (Fsp3) is 0.333. The third-order valence-corrected chi connectivity index (χ3v) is 4.66. The number of benzene rings is 2. The molecule has 0 saturated carbocycles. The predicted molar refractivity (Wildman–Crippen MR) is 106 cm³/mol. The van der Waals surface area contributed by atoms with Gasteiger partial charge in [0, 0.05) is 26.1 Å². The molecule has 0 aromatic heterocycles. The van der Waals surface area contributed by atoms with Gasteiger partial charge in [-0.05, 0) is 35.2 Å². The van der Waals surface area contributed by atoms with E-state index in [1.807, 2.05) is 29.2 Å². The third kappa shape index (κ3) is 6.40. The summed E-state index contributed by atoms with van der Waals surface area (Å²) in [6, 6.07) is 13.5. The topological polar surface area (TPSA) is 80.0 Å². The highest BCUT2D eigenvalue weighted by Gasteiger charge is 2.30. The minimum atomic E-state index is -4.71. The van der Waals surface area contributed by atoms with Crippen molar-refractivity contribution in [1.82, 2.24) is 10.2 Å². The number of hydrogen-bond donors (Lipinski definition) is 2. The molecule has 2 aromatic carbocycles. The molecule has 3 N–H and O–H groups in total. The SMILES string of the molecule is NC(=NCc1ccc(OC(F)(F)F)cc1)NCCCC(=O)N1Cc2ccccc2C1. The van der Waals surface area contributed by atoms with Gasteiger partial charge in [0.2, 0.25) is 5.91 Å². The molecule has 0 spiro atoms. The number of fused-ring (bicyclic) bond motifs is 1. The summed E-state index contributed by atoms with van der Waals surface area (Å²) in [5.41, 5.74) is 8.88. The Labute approximate surface area is 172 Å². The first-order valence-electron chi connectivity index (χ1n) is 9.53. The van der Waals surface area contributed by atoms with Gasteiger partial charge in [-0.25, -0.2) is 4.99 Å². The van der Waals surface area contributed by atoms with E-state index in [1.54, 1.807) is 0 Å². The van der Waals surface area contributed by atoms with Crippen LogP contribution in [0.5, 0.6) is 5.75 Å². The maximum atomic E-state index is 12.3. The number of alkyl halides is 3. The molecule has 0 radical (unpaired) electrons. The van der Waals surface area contributed by atoms with Crippen LogP contribution in [0.3, 0.4) is 0 Å². The molecule has 0 bridgehead atoms. The van der Waals surface area contributed by atoms with E-state index in [9.17, 15) is 18.0 Å². The number of guanidine groups is 1. The number of hydrogen-bond acceptors (Lipinski definition) is 3. The van der Waals surface area contributed by atoms with E-state index in [1.165, 1.54) is 35.4 Å². The smallest absolute Gasteiger partial charge is 0.406 e. The monoisotopic (exact) mass is 420 g/mol. The summed E-state index contributed by atoms with van der Waals surface area (Å²) in [5.74, 6) is 0.0309. The molecular weight excluding hydrogens is 397 g/mol. The van der Waals surface area contributed by atoms with Gasteiger partial charge in [-0.15, -0.1) is 13.2 Å². The fourth-order valence-electron chi connectivity index (χ4n) is 3.15. The van der Waals surface area contributed by atoms with E-state index in [-0.39, 0.29) is 24.2 Å². The Balaban J connectivity index is 1.35. The van der Waals surface area contributed by atoms with E-state index >= 15 is 0 Å². The molecular formula is C21H23F3N4O2. The first kappa shape index (κ1) is 21.5. The van der Waals surface area contributed by atoms with Crippen molar-refractivity contribution in [2.45, 2.75) is 38.8 Å². The van der Waals surface area contributed by atoms with Crippen molar-refractivity contribution in [2.24, 2.45) is 10.7 Å². The lowest BCUT2D eigenvalue weighted by atomic mass is 10.1. The van der Waals surface area contributed by atoms with Crippen molar-refractivity contribution in [1.29, 1.82) is 0 Å². The molecule has 1 aliphatic rings. The lowest BCUT2D eigenvalue weighted by Gasteiger charge is -2.15. The quantitative estimate of drug-likeness (QED) is 0.409. The molecule has 9 heteroatoms. The lowest BCUT2D eigenvalue weighted by molar-refractivity contribution is -0.274. The molecule has 30 heavy (non-hydrogen) atoms. The van der Waals surface area contributed by atoms with E-state index in [2.05, 4.69) is 15.0 Å². The van der Waals surface area contributed by atoms with E-state index in [0.717, 1.165) is 0 Å². The molecule has 0 unspecified atom stereocenters. The largest absolute Gasteiger partial charge is 0.573 e. The van der Waals surface area contributed by atoms with Crippen LogP contribution < -0.4 is 15.8 Å². The Morgan fingerprint density at radius 1 is 1.10 bits per heavy atom. The highest BCUT2D eigenvalue weighted by atomic mass is 19.4. The van der Waals surface area contributed by atoms with Crippen LogP contribution in [-0.4, -0.2) is 29.7 Å². The minimum absolute atomic E-state index is 0.102. The zero-order valence-electron chi connectivity index (χ0n) is 16.3. The summed E-state index contributed by atoms with van der Waals surface area (Å²) < 4.78 is 40.3.